The lowest BCUT2D eigenvalue weighted by Gasteiger charge is -2.34. The Morgan fingerprint density at radius 2 is 1.62 bits per heavy atom. The largest absolute Gasteiger partial charge is 0.493 e. The molecule has 5 aromatic rings. The van der Waals surface area contributed by atoms with Crippen LogP contribution in [0.2, 0.25) is 0 Å². The minimum absolute atomic E-state index is 0.00818. The fourth-order valence-electron chi connectivity index (χ4n) is 10.3. The van der Waals surface area contributed by atoms with E-state index < -0.39 is 66.1 Å². The lowest BCUT2D eigenvalue weighted by Crippen LogP contribution is -2.52. The third kappa shape index (κ3) is 15.4. The molecule has 2 fully saturated rings. The molecule has 3 aliphatic rings. The lowest BCUT2D eigenvalue weighted by molar-refractivity contribution is -0.176. The summed E-state index contributed by atoms with van der Waals surface area (Å²) in [7, 11) is 10.1. The molecule has 6 heterocycles. The molecule has 0 spiro atoms. The van der Waals surface area contributed by atoms with Crippen LogP contribution >= 0.6 is 0 Å². The van der Waals surface area contributed by atoms with E-state index in [1.54, 1.807) is 52.7 Å². The maximum Gasteiger partial charge on any atom is 0.416 e. The van der Waals surface area contributed by atoms with Gasteiger partial charge in [0.15, 0.2) is 23.4 Å². The molecule has 5 atom stereocenters. The van der Waals surface area contributed by atoms with Gasteiger partial charge < -0.3 is 83.3 Å². The normalized spacial score (nSPS) is 18.4. The highest BCUT2D eigenvalue weighted by atomic mass is 16.7. The Morgan fingerprint density at radius 3 is 2.30 bits per heavy atom. The van der Waals surface area contributed by atoms with Gasteiger partial charge in [0.1, 0.15) is 36.1 Å². The summed E-state index contributed by atoms with van der Waals surface area (Å²) >= 11 is 0. The van der Waals surface area contributed by atoms with Crippen molar-refractivity contribution >= 4 is 59.0 Å². The molecule has 0 radical (unpaired) electrons. The summed E-state index contributed by atoms with van der Waals surface area (Å²) in [5, 5.41) is 30.0. The number of nitrogens with zero attached hydrogens (tertiary/aromatic N) is 8. The molecular weight excluding hydrogens is 1120 g/mol. The molecule has 0 saturated carbocycles. The molecule has 2 unspecified atom stereocenters. The van der Waals surface area contributed by atoms with Gasteiger partial charge in [0.05, 0.1) is 65.8 Å². The number of hydrogen-bond donors (Lipinski definition) is 5. The number of aliphatic hydroxyl groups is 1. The molecule has 5 N–H and O–H groups in total. The van der Waals surface area contributed by atoms with Gasteiger partial charge in [-0.1, -0.05) is 23.4 Å². The van der Waals surface area contributed by atoms with Crippen LogP contribution in [-0.4, -0.2) is 185 Å². The van der Waals surface area contributed by atoms with Crippen LogP contribution in [0.15, 0.2) is 73.2 Å². The van der Waals surface area contributed by atoms with E-state index >= 15 is 0 Å². The van der Waals surface area contributed by atoms with Crippen LogP contribution in [0.4, 0.5) is 21.9 Å². The van der Waals surface area contributed by atoms with Crippen molar-refractivity contribution in [1.29, 1.82) is 0 Å². The van der Waals surface area contributed by atoms with Crippen LogP contribution in [0, 0.1) is 0 Å². The van der Waals surface area contributed by atoms with Gasteiger partial charge in [-0.2, -0.15) is 0 Å². The van der Waals surface area contributed by atoms with Crippen molar-refractivity contribution in [1.82, 2.24) is 44.6 Å². The van der Waals surface area contributed by atoms with Gasteiger partial charge in [-0.05, 0) is 90.1 Å². The Morgan fingerprint density at radius 1 is 0.895 bits per heavy atom. The fourth-order valence-corrected chi connectivity index (χ4v) is 10.3. The van der Waals surface area contributed by atoms with Gasteiger partial charge in [0.25, 0.3) is 29.5 Å². The molecule has 86 heavy (non-hydrogen) atoms. The Kier molecular flexibility index (Phi) is 20.7. The number of aldehydes is 1. The highest BCUT2D eigenvalue weighted by Gasteiger charge is 2.47. The van der Waals surface area contributed by atoms with Crippen molar-refractivity contribution in [2.75, 3.05) is 83.2 Å². The number of aliphatic hydroxyl groups excluding tert-OH is 1. The number of amides is 6. The van der Waals surface area contributed by atoms with Gasteiger partial charge in [0, 0.05) is 91.7 Å². The summed E-state index contributed by atoms with van der Waals surface area (Å²) in [6, 6.07) is 10.0. The summed E-state index contributed by atoms with van der Waals surface area (Å²) in [6.45, 7) is 11.7. The zero-order valence-corrected chi connectivity index (χ0v) is 49.9. The Hall–Kier alpha value is -8.63. The van der Waals surface area contributed by atoms with Crippen molar-refractivity contribution < 1.29 is 71.8 Å². The van der Waals surface area contributed by atoms with E-state index in [0.717, 1.165) is 18.5 Å². The zero-order chi connectivity index (χ0) is 62.0. The van der Waals surface area contributed by atoms with Gasteiger partial charge in [-0.25, -0.2) is 9.69 Å². The SMILES string of the molecule is C=C1CC2C(OC)N(C(=O)OCc3ccc(O[C@H]4C[C@@H](O)C[C@@H](C=O)O4)c(C(=O)NCC(C)(C)OCC)c3)c3cc(OCCCn4cc(C(=O)Nc5cc(C(=O)Nc6cc(C(=O)NCCCN(C)C)n(C)c6)n(C)c5)nn4)c(OC)cc3C(=O)N2C1. The van der Waals surface area contributed by atoms with Crippen LogP contribution in [0.3, 0.4) is 0 Å². The molecule has 8 rings (SSSR count). The number of ether oxygens (including phenoxy) is 7. The number of carbonyl (C=O) groups excluding carboxylic acids is 7. The smallest absolute Gasteiger partial charge is 0.416 e. The molecule has 2 aromatic carbocycles. The minimum Gasteiger partial charge on any atom is -0.493 e. The first-order chi connectivity index (χ1) is 41.1. The van der Waals surface area contributed by atoms with Crippen LogP contribution in [-0.2, 0) is 51.0 Å². The molecule has 0 bridgehead atoms. The van der Waals surface area contributed by atoms with Crippen LogP contribution in [0.25, 0.3) is 0 Å². The number of anilines is 3. The van der Waals surface area contributed by atoms with E-state index in [-0.39, 0.29) is 97.0 Å². The molecule has 6 amide bonds. The second kappa shape index (κ2) is 28.0. The average Bonchev–Trinajstić information content (AvgIpc) is 2.20. The van der Waals surface area contributed by atoms with E-state index in [0.29, 0.717) is 54.9 Å². The van der Waals surface area contributed by atoms with Gasteiger partial charge in [-0.3, -0.25) is 28.7 Å². The summed E-state index contributed by atoms with van der Waals surface area (Å²) in [5.74, 6) is -1.77. The van der Waals surface area contributed by atoms with Crippen LogP contribution < -0.4 is 40.4 Å². The highest BCUT2D eigenvalue weighted by molar-refractivity contribution is 6.08. The average molecular weight is 1190 g/mol. The topological polar surface area (TPSA) is 303 Å². The molecule has 27 nitrogen and oxygen atoms in total. The highest BCUT2D eigenvalue weighted by Crippen LogP contribution is 2.43. The predicted molar refractivity (Wildman–Crippen MR) is 312 cm³/mol. The Bertz CT molecular complexity index is 3310. The number of rotatable bonds is 26. The number of methoxy groups -OCH3 is 2. The molecule has 2 saturated heterocycles. The monoisotopic (exact) mass is 1190 g/mol. The van der Waals surface area contributed by atoms with Crippen LogP contribution in [0.5, 0.6) is 17.2 Å². The number of carbonyl (C=O) groups is 7. The molecule has 0 aliphatic carbocycles. The van der Waals surface area contributed by atoms with Gasteiger partial charge in [-0.15, -0.1) is 5.10 Å². The first kappa shape index (κ1) is 63.4. The summed E-state index contributed by atoms with van der Waals surface area (Å²) in [4.78, 5) is 99.1. The second-order valence-corrected chi connectivity index (χ2v) is 22.1. The Labute approximate surface area is 497 Å². The number of hydrogen-bond acceptors (Lipinski definition) is 18. The standard InChI is InChI=1S/C59H76N12O15/c1-11-84-59(3,4)34-61-52(74)42-21-36(14-15-48(42)86-51-25-39(73)24-40(32-72)85-51)33-83-58(79)71-44-27-50(49(80-9)26-41(44)56(78)70-28-35(2)20-47(70)57(71)81-10)82-19-13-18-69-31-43(64-65-69)53(75)62-37-23-46(68(8)29-37)55(77)63-38-22-45(67(7)30-38)54(76)60-16-12-17-66(5)6/h14-15,21-23,26-27,29-32,39-40,47,51,57,73H,2,11-13,16-20,24-25,28,33-34H2,1,3-10H3,(H,60,76)(H,61,74)(H,62,75)(H,63,77)/t39-,40-,47?,51-,57?/m0/s1. The second-order valence-electron chi connectivity index (χ2n) is 22.1. The van der Waals surface area contributed by atoms with Crippen molar-refractivity contribution in [2.24, 2.45) is 14.1 Å². The molecule has 3 aromatic heterocycles. The number of aryl methyl sites for hydroxylation is 3. The van der Waals surface area contributed by atoms with Gasteiger partial charge >= 0.3 is 6.09 Å². The number of fused-ring (bicyclic) bond motifs is 2. The third-order valence-electron chi connectivity index (χ3n) is 14.5. The first-order valence-corrected chi connectivity index (χ1v) is 28.2. The molecule has 3 aliphatic heterocycles. The zero-order valence-electron chi connectivity index (χ0n) is 49.9. The summed E-state index contributed by atoms with van der Waals surface area (Å²) in [5.41, 5.74) is 2.07. The van der Waals surface area contributed by atoms with Crippen molar-refractivity contribution in [3.63, 3.8) is 0 Å². The van der Waals surface area contributed by atoms with Crippen LogP contribution in [0.1, 0.15) is 111 Å². The lowest BCUT2D eigenvalue weighted by atomic mass is 10.1. The van der Waals surface area contributed by atoms with E-state index in [9.17, 15) is 38.7 Å². The maximum atomic E-state index is 14.7. The summed E-state index contributed by atoms with van der Waals surface area (Å²) < 4.78 is 46.3. The third-order valence-corrected chi connectivity index (χ3v) is 14.5. The first-order valence-electron chi connectivity index (χ1n) is 28.2. The van der Waals surface area contributed by atoms with E-state index in [4.69, 9.17) is 33.2 Å². The molecule has 27 heteroatoms. The van der Waals surface area contributed by atoms with Crippen molar-refractivity contribution in [3.05, 3.63) is 107 Å². The van der Waals surface area contributed by atoms with E-state index in [2.05, 4.69) is 38.2 Å². The van der Waals surface area contributed by atoms with Crippen molar-refractivity contribution in [2.45, 2.75) is 102 Å². The quantitative estimate of drug-likeness (QED) is 0.0289. The van der Waals surface area contributed by atoms with Gasteiger partial charge in [0.2, 0.25) is 6.29 Å². The number of benzene rings is 2. The summed E-state index contributed by atoms with van der Waals surface area (Å²) in [6.07, 6.45) is 2.08. The predicted octanol–water partition coefficient (Wildman–Crippen LogP) is 4.51. The van der Waals surface area contributed by atoms with E-state index in [1.165, 1.54) is 60.3 Å². The maximum absolute atomic E-state index is 14.7. The van der Waals surface area contributed by atoms with E-state index in [1.807, 2.05) is 39.8 Å². The van der Waals surface area contributed by atoms with Crippen molar-refractivity contribution in [3.8, 4) is 17.2 Å². The number of nitrogens with one attached hydrogen (secondary N) is 4. The fraction of sp³-hybridized carbons (Fsp3) is 0.475. The minimum atomic E-state index is -1.07. The molecule has 462 valence electrons. The number of aromatic nitrogens is 5. The Balaban J connectivity index is 0.927. The molecular formula is C59H76N12O15.